The van der Waals surface area contributed by atoms with E-state index in [1.54, 1.807) is 6.20 Å². The molecule has 0 amide bonds. The summed E-state index contributed by atoms with van der Waals surface area (Å²) < 4.78 is 0.849. The average molecular weight is 306 g/mol. The first kappa shape index (κ1) is 13.2. The van der Waals surface area contributed by atoms with Crippen LogP contribution >= 0.6 is 15.9 Å². The van der Waals surface area contributed by atoms with Crippen LogP contribution in [0.4, 0.5) is 0 Å². The predicted octanol–water partition coefficient (Wildman–Crippen LogP) is 3.74. The molecule has 1 aromatic carbocycles. The summed E-state index contributed by atoms with van der Waals surface area (Å²) >= 11 is 3.42. The third-order valence-corrected chi connectivity index (χ3v) is 3.48. The lowest BCUT2D eigenvalue weighted by Gasteiger charge is -2.12. The molecule has 0 aliphatic carbocycles. The molecule has 0 saturated carbocycles. The van der Waals surface area contributed by atoms with Gasteiger partial charge in [-0.15, -0.1) is 0 Å². The third-order valence-electron chi connectivity index (χ3n) is 2.81. The number of hydrogen-bond donors (Lipinski definition) is 1. The minimum absolute atomic E-state index is 0.581. The Morgan fingerprint density at radius 2 is 1.89 bits per heavy atom. The van der Waals surface area contributed by atoms with Gasteiger partial charge in [-0.05, 0) is 47.5 Å². The number of aryl methyl sites for hydroxylation is 2. The van der Waals surface area contributed by atoms with E-state index in [-0.39, 0.29) is 0 Å². The molecule has 0 bridgehead atoms. The second-order valence-electron chi connectivity index (χ2n) is 4.59. The summed E-state index contributed by atoms with van der Waals surface area (Å²) in [5.74, 6) is 0. The van der Waals surface area contributed by atoms with E-state index in [2.05, 4.69) is 53.0 Å². The molecule has 2 rings (SSSR count). The molecule has 0 saturated heterocycles. The number of pyridine rings is 1. The second-order valence-corrected chi connectivity index (χ2v) is 5.44. The van der Waals surface area contributed by atoms with Crippen LogP contribution in [-0.2, 0) is 6.42 Å². The highest BCUT2D eigenvalue weighted by atomic mass is 79.9. The van der Waals surface area contributed by atoms with Crippen LogP contribution in [0.1, 0.15) is 28.5 Å². The van der Waals surface area contributed by atoms with Crippen molar-refractivity contribution >= 4 is 15.9 Å². The summed E-state index contributed by atoms with van der Waals surface area (Å²) in [5, 5.41) is 10.2. The fraction of sp³-hybridized carbons (Fsp3) is 0.267. The van der Waals surface area contributed by atoms with Crippen molar-refractivity contribution in [1.82, 2.24) is 4.98 Å². The summed E-state index contributed by atoms with van der Waals surface area (Å²) in [6.45, 7) is 4.14. The van der Waals surface area contributed by atoms with Crippen molar-refractivity contribution in [3.05, 3.63) is 63.4 Å². The molecular weight excluding hydrogens is 290 g/mol. The Morgan fingerprint density at radius 3 is 2.50 bits per heavy atom. The highest BCUT2D eigenvalue weighted by Crippen LogP contribution is 2.24. The third kappa shape index (κ3) is 3.18. The molecule has 1 N–H and O–H groups in total. The van der Waals surface area contributed by atoms with Crippen molar-refractivity contribution in [2.45, 2.75) is 26.4 Å². The van der Waals surface area contributed by atoms with E-state index in [0.717, 1.165) is 10.0 Å². The average Bonchev–Trinajstić information content (AvgIpc) is 2.27. The lowest BCUT2D eigenvalue weighted by Crippen LogP contribution is -2.05. The highest BCUT2D eigenvalue weighted by molar-refractivity contribution is 9.10. The lowest BCUT2D eigenvalue weighted by atomic mass is 10.0. The molecule has 0 radical (unpaired) electrons. The molecule has 2 aromatic rings. The van der Waals surface area contributed by atoms with Crippen molar-refractivity contribution in [1.29, 1.82) is 0 Å². The maximum atomic E-state index is 10.2. The van der Waals surface area contributed by atoms with Crippen LogP contribution in [0, 0.1) is 13.8 Å². The molecule has 1 unspecified atom stereocenters. The fourth-order valence-electron chi connectivity index (χ4n) is 2.15. The van der Waals surface area contributed by atoms with E-state index in [4.69, 9.17) is 0 Å². The fourth-order valence-corrected chi connectivity index (χ4v) is 2.67. The SMILES string of the molecule is Cc1cc(C)cc(CC(O)c2ncccc2Br)c1. The van der Waals surface area contributed by atoms with Crippen molar-refractivity contribution in [3.8, 4) is 0 Å². The minimum Gasteiger partial charge on any atom is -0.386 e. The number of hydrogen-bond acceptors (Lipinski definition) is 2. The van der Waals surface area contributed by atoms with Gasteiger partial charge < -0.3 is 5.11 Å². The Morgan fingerprint density at radius 1 is 1.22 bits per heavy atom. The maximum Gasteiger partial charge on any atom is 0.101 e. The zero-order valence-corrected chi connectivity index (χ0v) is 12.1. The van der Waals surface area contributed by atoms with Gasteiger partial charge in [0.1, 0.15) is 6.10 Å². The number of aliphatic hydroxyl groups excluding tert-OH is 1. The molecular formula is C15H16BrNO. The van der Waals surface area contributed by atoms with Gasteiger partial charge in [-0.3, -0.25) is 4.98 Å². The summed E-state index contributed by atoms with van der Waals surface area (Å²) in [4.78, 5) is 4.22. The Hall–Kier alpha value is -1.19. The van der Waals surface area contributed by atoms with Gasteiger partial charge in [-0.25, -0.2) is 0 Å². The Labute approximate surface area is 116 Å². The standard InChI is InChI=1S/C15H16BrNO/c1-10-6-11(2)8-12(7-10)9-14(18)15-13(16)4-3-5-17-15/h3-8,14,18H,9H2,1-2H3. The summed E-state index contributed by atoms with van der Waals surface area (Å²) in [6, 6.07) is 10.1. The lowest BCUT2D eigenvalue weighted by molar-refractivity contribution is 0.173. The van der Waals surface area contributed by atoms with Gasteiger partial charge in [-0.1, -0.05) is 29.3 Å². The molecule has 0 fully saturated rings. The molecule has 1 atom stereocenters. The van der Waals surface area contributed by atoms with Crippen LogP contribution in [-0.4, -0.2) is 10.1 Å². The first-order valence-corrected chi connectivity index (χ1v) is 6.71. The van der Waals surface area contributed by atoms with Crippen molar-refractivity contribution in [3.63, 3.8) is 0 Å². The van der Waals surface area contributed by atoms with Crippen LogP contribution in [0.25, 0.3) is 0 Å². The van der Waals surface area contributed by atoms with Crippen molar-refractivity contribution in [2.24, 2.45) is 0 Å². The highest BCUT2D eigenvalue weighted by Gasteiger charge is 2.13. The van der Waals surface area contributed by atoms with Crippen LogP contribution in [0.5, 0.6) is 0 Å². The van der Waals surface area contributed by atoms with Crippen molar-refractivity contribution in [2.75, 3.05) is 0 Å². The zero-order valence-electron chi connectivity index (χ0n) is 10.5. The Balaban J connectivity index is 2.21. The molecule has 1 aromatic heterocycles. The minimum atomic E-state index is -0.582. The van der Waals surface area contributed by atoms with E-state index in [0.29, 0.717) is 12.1 Å². The largest absolute Gasteiger partial charge is 0.386 e. The molecule has 94 valence electrons. The number of aromatic nitrogens is 1. The Bertz CT molecular complexity index is 534. The van der Waals surface area contributed by atoms with Gasteiger partial charge in [-0.2, -0.15) is 0 Å². The summed E-state index contributed by atoms with van der Waals surface area (Å²) in [5.41, 5.74) is 4.27. The molecule has 18 heavy (non-hydrogen) atoms. The molecule has 3 heteroatoms. The van der Waals surface area contributed by atoms with E-state index in [1.807, 2.05) is 12.1 Å². The van der Waals surface area contributed by atoms with Crippen LogP contribution in [0.3, 0.4) is 0 Å². The van der Waals surface area contributed by atoms with Crippen LogP contribution in [0.15, 0.2) is 41.0 Å². The van der Waals surface area contributed by atoms with Gasteiger partial charge in [0.15, 0.2) is 0 Å². The maximum absolute atomic E-state index is 10.2. The predicted molar refractivity (Wildman–Crippen MR) is 76.5 cm³/mol. The van der Waals surface area contributed by atoms with E-state index in [1.165, 1.54) is 11.1 Å². The number of halogens is 1. The van der Waals surface area contributed by atoms with E-state index >= 15 is 0 Å². The summed E-state index contributed by atoms with van der Waals surface area (Å²) in [6.07, 6.45) is 1.70. The molecule has 0 aliphatic heterocycles. The van der Waals surface area contributed by atoms with E-state index in [9.17, 15) is 5.11 Å². The molecule has 0 spiro atoms. The van der Waals surface area contributed by atoms with Gasteiger partial charge >= 0.3 is 0 Å². The topological polar surface area (TPSA) is 33.1 Å². The first-order valence-electron chi connectivity index (χ1n) is 5.92. The number of benzene rings is 1. The second kappa shape index (κ2) is 5.63. The van der Waals surface area contributed by atoms with Gasteiger partial charge in [0, 0.05) is 17.1 Å². The van der Waals surface area contributed by atoms with Gasteiger partial charge in [0.05, 0.1) is 5.69 Å². The van der Waals surface area contributed by atoms with Crippen molar-refractivity contribution < 1.29 is 5.11 Å². The normalized spacial score (nSPS) is 12.4. The number of aliphatic hydroxyl groups is 1. The van der Waals surface area contributed by atoms with Gasteiger partial charge in [0.2, 0.25) is 0 Å². The number of nitrogens with zero attached hydrogens (tertiary/aromatic N) is 1. The van der Waals surface area contributed by atoms with Crippen LogP contribution in [0.2, 0.25) is 0 Å². The van der Waals surface area contributed by atoms with E-state index < -0.39 is 6.10 Å². The smallest absolute Gasteiger partial charge is 0.101 e. The van der Waals surface area contributed by atoms with Gasteiger partial charge in [0.25, 0.3) is 0 Å². The first-order chi connectivity index (χ1) is 8.56. The summed E-state index contributed by atoms with van der Waals surface area (Å²) in [7, 11) is 0. The Kier molecular flexibility index (Phi) is 4.15. The molecule has 0 aliphatic rings. The quantitative estimate of drug-likeness (QED) is 0.937. The molecule has 1 heterocycles. The monoisotopic (exact) mass is 305 g/mol. The zero-order chi connectivity index (χ0) is 13.1. The van der Waals surface area contributed by atoms with Crippen LogP contribution < -0.4 is 0 Å². The molecule has 2 nitrogen and oxygen atoms in total. The number of rotatable bonds is 3.